The predicted molar refractivity (Wildman–Crippen MR) is 80.8 cm³/mol. The van der Waals surface area contributed by atoms with E-state index in [2.05, 4.69) is 15.9 Å². The second-order valence-electron chi connectivity index (χ2n) is 4.76. The summed E-state index contributed by atoms with van der Waals surface area (Å²) in [4.78, 5) is 2.02. The van der Waals surface area contributed by atoms with Crippen molar-refractivity contribution in [3.8, 4) is 0 Å². The molecule has 2 unspecified atom stereocenters. The highest BCUT2D eigenvalue weighted by Gasteiger charge is 2.25. The molecule has 5 heteroatoms. The molecule has 3 nitrogen and oxygen atoms in total. The van der Waals surface area contributed by atoms with Gasteiger partial charge in [0.15, 0.2) is 4.67 Å². The summed E-state index contributed by atoms with van der Waals surface area (Å²) in [6.45, 7) is 2.36. The summed E-state index contributed by atoms with van der Waals surface area (Å²) in [5.41, 5.74) is 6.51. The fourth-order valence-electron chi connectivity index (χ4n) is 2.29. The number of nitrogens with zero attached hydrogens (tertiary/aromatic N) is 1. The van der Waals surface area contributed by atoms with Crippen molar-refractivity contribution in [1.29, 1.82) is 0 Å². The van der Waals surface area contributed by atoms with Crippen molar-refractivity contribution in [1.82, 2.24) is 4.90 Å². The molecule has 2 aromatic rings. The van der Waals surface area contributed by atoms with Crippen molar-refractivity contribution >= 4 is 15.9 Å². The summed E-state index contributed by atoms with van der Waals surface area (Å²) in [6.07, 6.45) is 0. The topological polar surface area (TPSA) is 42.4 Å². The molecule has 2 N–H and O–H groups in total. The third-order valence-corrected chi connectivity index (χ3v) is 4.03. The summed E-state index contributed by atoms with van der Waals surface area (Å²) in [5.74, 6) is 0.563. The van der Waals surface area contributed by atoms with E-state index in [-0.39, 0.29) is 17.9 Å². The van der Waals surface area contributed by atoms with Crippen molar-refractivity contribution < 1.29 is 8.81 Å². The second kappa shape index (κ2) is 6.52. The van der Waals surface area contributed by atoms with Gasteiger partial charge in [-0.25, -0.2) is 4.39 Å². The Hall–Kier alpha value is -1.17. The number of benzene rings is 1. The van der Waals surface area contributed by atoms with Gasteiger partial charge in [0.05, 0.1) is 6.04 Å². The van der Waals surface area contributed by atoms with Crippen LogP contribution in [0.3, 0.4) is 0 Å². The molecule has 0 fully saturated rings. The molecule has 0 radical (unpaired) electrons. The molecule has 108 valence electrons. The van der Waals surface area contributed by atoms with Crippen LogP contribution in [0.4, 0.5) is 4.39 Å². The number of likely N-dealkylation sites (N-methyl/N-ethyl adjacent to an activating group) is 1. The van der Waals surface area contributed by atoms with Gasteiger partial charge in [-0.2, -0.15) is 0 Å². The van der Waals surface area contributed by atoms with Crippen LogP contribution in [0, 0.1) is 5.82 Å². The van der Waals surface area contributed by atoms with Crippen LogP contribution in [0.15, 0.2) is 45.5 Å². The molecule has 1 aromatic heterocycles. The highest BCUT2D eigenvalue weighted by Crippen LogP contribution is 2.31. The highest BCUT2D eigenvalue weighted by atomic mass is 79.9. The molecular formula is C15H18BrFN2O. The Balaban J connectivity index is 2.24. The van der Waals surface area contributed by atoms with Crippen molar-refractivity contribution in [2.24, 2.45) is 5.73 Å². The first kappa shape index (κ1) is 15.2. The smallest absolute Gasteiger partial charge is 0.169 e. The number of furan rings is 1. The maximum atomic E-state index is 13.9. The third-order valence-electron chi connectivity index (χ3n) is 3.60. The van der Waals surface area contributed by atoms with Crippen LogP contribution in [-0.2, 0) is 0 Å². The Morgan fingerprint density at radius 3 is 2.55 bits per heavy atom. The largest absolute Gasteiger partial charge is 0.453 e. The number of rotatable bonds is 5. The molecule has 0 spiro atoms. The minimum atomic E-state index is -0.205. The number of hydrogen-bond acceptors (Lipinski definition) is 3. The minimum Gasteiger partial charge on any atom is -0.453 e. The number of halogens is 2. The van der Waals surface area contributed by atoms with Gasteiger partial charge in [-0.05, 0) is 48.1 Å². The van der Waals surface area contributed by atoms with Gasteiger partial charge in [-0.3, -0.25) is 4.90 Å². The molecular weight excluding hydrogens is 323 g/mol. The van der Waals surface area contributed by atoms with Crippen molar-refractivity contribution in [2.45, 2.75) is 19.0 Å². The fraction of sp³-hybridized carbons (Fsp3) is 0.333. The third kappa shape index (κ3) is 3.11. The van der Waals surface area contributed by atoms with Gasteiger partial charge < -0.3 is 10.2 Å². The monoisotopic (exact) mass is 340 g/mol. The lowest BCUT2D eigenvalue weighted by atomic mass is 10.0. The normalized spacial score (nSPS) is 14.5. The lowest BCUT2D eigenvalue weighted by Crippen LogP contribution is -2.32. The molecule has 0 aliphatic rings. The van der Waals surface area contributed by atoms with E-state index < -0.39 is 0 Å². The summed E-state index contributed by atoms with van der Waals surface area (Å²) in [7, 11) is 1.92. The maximum Gasteiger partial charge on any atom is 0.169 e. The standard InChI is InChI=1S/C15H18BrFN2O/c1-10(11-5-3-4-6-12(11)17)19(2)13(9-18)14-7-8-15(16)20-14/h3-8,10,13H,9,18H2,1-2H3. The molecule has 0 aliphatic heterocycles. The quantitative estimate of drug-likeness (QED) is 0.898. The van der Waals surface area contributed by atoms with Gasteiger partial charge in [0.25, 0.3) is 0 Å². The van der Waals surface area contributed by atoms with Crippen LogP contribution in [0.5, 0.6) is 0 Å². The van der Waals surface area contributed by atoms with E-state index in [1.807, 2.05) is 37.1 Å². The van der Waals surface area contributed by atoms with E-state index in [1.165, 1.54) is 6.07 Å². The van der Waals surface area contributed by atoms with Gasteiger partial charge in [0.2, 0.25) is 0 Å². The van der Waals surface area contributed by atoms with E-state index in [4.69, 9.17) is 10.2 Å². The van der Waals surface area contributed by atoms with E-state index in [0.717, 1.165) is 5.76 Å². The second-order valence-corrected chi connectivity index (χ2v) is 5.54. The average Bonchev–Trinajstić information content (AvgIpc) is 2.85. The molecule has 1 aromatic carbocycles. The molecule has 0 bridgehead atoms. The molecule has 2 rings (SSSR count). The molecule has 0 saturated heterocycles. The molecule has 2 atom stereocenters. The first-order valence-corrected chi connectivity index (χ1v) is 7.25. The zero-order chi connectivity index (χ0) is 14.7. The van der Waals surface area contributed by atoms with Crippen LogP contribution >= 0.6 is 15.9 Å². The van der Waals surface area contributed by atoms with Gasteiger partial charge in [0.1, 0.15) is 11.6 Å². The van der Waals surface area contributed by atoms with Crippen LogP contribution in [0.2, 0.25) is 0 Å². The summed E-state index contributed by atoms with van der Waals surface area (Å²) in [6, 6.07) is 10.3. The first-order chi connectivity index (χ1) is 9.54. The molecule has 20 heavy (non-hydrogen) atoms. The first-order valence-electron chi connectivity index (χ1n) is 6.46. The van der Waals surface area contributed by atoms with Gasteiger partial charge >= 0.3 is 0 Å². The molecule has 1 heterocycles. The minimum absolute atomic E-state index is 0.101. The lowest BCUT2D eigenvalue weighted by molar-refractivity contribution is 0.165. The van der Waals surface area contributed by atoms with Crippen LogP contribution in [-0.4, -0.2) is 18.5 Å². The van der Waals surface area contributed by atoms with Crippen molar-refractivity contribution in [3.63, 3.8) is 0 Å². The summed E-state index contributed by atoms with van der Waals surface area (Å²) < 4.78 is 20.1. The number of hydrogen-bond donors (Lipinski definition) is 1. The van der Waals surface area contributed by atoms with Gasteiger partial charge in [-0.15, -0.1) is 0 Å². The Labute approximate surface area is 126 Å². The summed E-state index contributed by atoms with van der Waals surface area (Å²) in [5, 5.41) is 0. The Bertz CT molecular complexity index is 573. The average molecular weight is 341 g/mol. The van der Waals surface area contributed by atoms with E-state index in [0.29, 0.717) is 16.8 Å². The SMILES string of the molecule is CC(c1ccccc1F)N(C)C(CN)c1ccc(Br)o1. The zero-order valence-electron chi connectivity index (χ0n) is 11.5. The molecule has 0 saturated carbocycles. The van der Waals surface area contributed by atoms with E-state index in [1.54, 1.807) is 12.1 Å². The van der Waals surface area contributed by atoms with Gasteiger partial charge in [0, 0.05) is 18.2 Å². The summed E-state index contributed by atoms with van der Waals surface area (Å²) >= 11 is 3.29. The van der Waals surface area contributed by atoms with E-state index >= 15 is 0 Å². The number of nitrogens with two attached hydrogens (primary N) is 1. The van der Waals surface area contributed by atoms with Crippen molar-refractivity contribution in [3.05, 3.63) is 58.2 Å². The Morgan fingerprint density at radius 2 is 2.00 bits per heavy atom. The highest BCUT2D eigenvalue weighted by molar-refractivity contribution is 9.10. The van der Waals surface area contributed by atoms with Crippen LogP contribution in [0.25, 0.3) is 0 Å². The van der Waals surface area contributed by atoms with Gasteiger partial charge in [-0.1, -0.05) is 18.2 Å². The Kier molecular flexibility index (Phi) is 4.96. The lowest BCUT2D eigenvalue weighted by Gasteiger charge is -2.31. The molecule has 0 aliphatic carbocycles. The molecule has 0 amide bonds. The van der Waals surface area contributed by atoms with Crippen LogP contribution in [0.1, 0.15) is 30.3 Å². The maximum absolute atomic E-state index is 13.9. The fourth-order valence-corrected chi connectivity index (χ4v) is 2.61. The van der Waals surface area contributed by atoms with Crippen molar-refractivity contribution in [2.75, 3.05) is 13.6 Å². The predicted octanol–water partition coefficient (Wildman–Crippen LogP) is 3.87. The Morgan fingerprint density at radius 1 is 1.30 bits per heavy atom. The van der Waals surface area contributed by atoms with E-state index in [9.17, 15) is 4.39 Å². The van der Waals surface area contributed by atoms with Crippen LogP contribution < -0.4 is 5.73 Å². The zero-order valence-corrected chi connectivity index (χ0v) is 13.1.